The standard InChI is InChI=1S/C14H19N3O4/c1-21-13-11(5-2-6-12(13)17(19)20)14(18)16-9-7-10-4-3-8-15-10/h2,5-6,10,15H,3-4,7-9H2,1H3,(H,16,18)/t10-/m1/s1. The fraction of sp³-hybridized carbons (Fsp3) is 0.500. The third kappa shape index (κ3) is 3.69. The predicted octanol–water partition coefficient (Wildman–Crippen LogP) is 1.48. The molecule has 0 unspecified atom stereocenters. The van der Waals surface area contributed by atoms with Crippen LogP contribution < -0.4 is 15.4 Å². The number of hydrogen-bond donors (Lipinski definition) is 2. The highest BCUT2D eigenvalue weighted by molar-refractivity contribution is 5.98. The Morgan fingerprint density at radius 2 is 2.38 bits per heavy atom. The molecule has 0 spiro atoms. The predicted molar refractivity (Wildman–Crippen MR) is 77.6 cm³/mol. The van der Waals surface area contributed by atoms with Crippen molar-refractivity contribution < 1.29 is 14.5 Å². The number of para-hydroxylation sites is 1. The van der Waals surface area contributed by atoms with Crippen LogP contribution >= 0.6 is 0 Å². The summed E-state index contributed by atoms with van der Waals surface area (Å²) in [5.41, 5.74) is -0.0197. The van der Waals surface area contributed by atoms with Gasteiger partial charge in [-0.15, -0.1) is 0 Å². The van der Waals surface area contributed by atoms with Gasteiger partial charge in [0.1, 0.15) is 0 Å². The maximum Gasteiger partial charge on any atom is 0.311 e. The highest BCUT2D eigenvalue weighted by Crippen LogP contribution is 2.30. The van der Waals surface area contributed by atoms with Crippen molar-refractivity contribution >= 4 is 11.6 Å². The van der Waals surface area contributed by atoms with Gasteiger partial charge in [0.05, 0.1) is 17.6 Å². The molecular weight excluding hydrogens is 274 g/mol. The number of carbonyl (C=O) groups is 1. The monoisotopic (exact) mass is 293 g/mol. The average Bonchev–Trinajstić information content (AvgIpc) is 2.99. The normalized spacial score (nSPS) is 17.5. The Kier molecular flexibility index (Phi) is 5.10. The first-order valence-corrected chi connectivity index (χ1v) is 6.96. The summed E-state index contributed by atoms with van der Waals surface area (Å²) in [5, 5.41) is 17.1. The number of hydrogen-bond acceptors (Lipinski definition) is 5. The molecule has 1 atom stereocenters. The van der Waals surface area contributed by atoms with Crippen LogP contribution in [0.4, 0.5) is 5.69 Å². The zero-order valence-electron chi connectivity index (χ0n) is 11.9. The van der Waals surface area contributed by atoms with Gasteiger partial charge in [-0.05, 0) is 31.9 Å². The lowest BCUT2D eigenvalue weighted by Crippen LogP contribution is -2.30. The fourth-order valence-corrected chi connectivity index (χ4v) is 2.52. The molecule has 0 bridgehead atoms. The van der Waals surface area contributed by atoms with Gasteiger partial charge in [-0.2, -0.15) is 0 Å². The first kappa shape index (κ1) is 15.2. The number of carbonyl (C=O) groups excluding carboxylic acids is 1. The van der Waals surface area contributed by atoms with Gasteiger partial charge in [-0.1, -0.05) is 6.07 Å². The van der Waals surface area contributed by atoms with Crippen LogP contribution in [0.15, 0.2) is 18.2 Å². The Hall–Kier alpha value is -2.15. The van der Waals surface area contributed by atoms with Crippen molar-refractivity contribution in [2.45, 2.75) is 25.3 Å². The maximum absolute atomic E-state index is 12.1. The second-order valence-electron chi connectivity index (χ2n) is 4.95. The number of rotatable bonds is 6. The lowest BCUT2D eigenvalue weighted by molar-refractivity contribution is -0.385. The molecule has 1 aromatic carbocycles. The van der Waals surface area contributed by atoms with Crippen molar-refractivity contribution in [2.24, 2.45) is 0 Å². The minimum Gasteiger partial charge on any atom is -0.490 e. The molecule has 7 nitrogen and oxygen atoms in total. The van der Waals surface area contributed by atoms with Gasteiger partial charge in [-0.3, -0.25) is 14.9 Å². The Bertz CT molecular complexity index is 527. The van der Waals surface area contributed by atoms with E-state index in [1.165, 1.54) is 25.3 Å². The zero-order chi connectivity index (χ0) is 15.2. The Balaban J connectivity index is 2.01. The molecule has 1 aliphatic rings. The van der Waals surface area contributed by atoms with Gasteiger partial charge < -0.3 is 15.4 Å². The van der Waals surface area contributed by atoms with Gasteiger partial charge in [-0.25, -0.2) is 0 Å². The third-order valence-electron chi connectivity index (χ3n) is 3.58. The number of nitro benzene ring substituents is 1. The summed E-state index contributed by atoms with van der Waals surface area (Å²) >= 11 is 0. The van der Waals surface area contributed by atoms with Crippen molar-refractivity contribution in [3.63, 3.8) is 0 Å². The lowest BCUT2D eigenvalue weighted by Gasteiger charge is -2.12. The summed E-state index contributed by atoms with van der Waals surface area (Å²) in [5.74, 6) is -0.354. The first-order chi connectivity index (χ1) is 10.1. The van der Waals surface area contributed by atoms with Crippen LogP contribution in [0.25, 0.3) is 0 Å². The summed E-state index contributed by atoms with van der Waals surface area (Å²) in [6.07, 6.45) is 3.14. The van der Waals surface area contributed by atoms with Crippen molar-refractivity contribution in [1.82, 2.24) is 10.6 Å². The highest BCUT2D eigenvalue weighted by Gasteiger charge is 2.22. The van der Waals surface area contributed by atoms with Crippen LogP contribution in [-0.2, 0) is 0 Å². The smallest absolute Gasteiger partial charge is 0.311 e. The molecule has 1 fully saturated rings. The van der Waals surface area contributed by atoms with Crippen LogP contribution in [0.5, 0.6) is 5.75 Å². The van der Waals surface area contributed by atoms with Crippen molar-refractivity contribution in [3.8, 4) is 5.75 Å². The molecule has 21 heavy (non-hydrogen) atoms. The molecule has 1 aromatic rings. The quantitative estimate of drug-likeness (QED) is 0.612. The summed E-state index contributed by atoms with van der Waals surface area (Å²) < 4.78 is 5.02. The van der Waals surface area contributed by atoms with E-state index in [4.69, 9.17) is 4.74 Å². The van der Waals surface area contributed by atoms with Crippen molar-refractivity contribution in [3.05, 3.63) is 33.9 Å². The molecule has 2 N–H and O–H groups in total. The Morgan fingerprint density at radius 1 is 1.57 bits per heavy atom. The molecule has 1 amide bonds. The van der Waals surface area contributed by atoms with Gasteiger partial charge in [0.25, 0.3) is 5.91 Å². The molecule has 114 valence electrons. The van der Waals surface area contributed by atoms with E-state index in [-0.39, 0.29) is 22.9 Å². The largest absolute Gasteiger partial charge is 0.490 e. The maximum atomic E-state index is 12.1. The average molecular weight is 293 g/mol. The van der Waals surface area contributed by atoms with Gasteiger partial charge in [0.15, 0.2) is 0 Å². The molecule has 2 rings (SSSR count). The SMILES string of the molecule is COc1c(C(=O)NCC[C@H]2CCCN2)cccc1[N+](=O)[O-]. The van der Waals surface area contributed by atoms with E-state index in [2.05, 4.69) is 10.6 Å². The molecule has 0 aliphatic carbocycles. The Labute approximate surface area is 122 Å². The summed E-state index contributed by atoms with van der Waals surface area (Å²) in [6, 6.07) is 4.76. The summed E-state index contributed by atoms with van der Waals surface area (Å²) in [4.78, 5) is 22.5. The van der Waals surface area contributed by atoms with E-state index in [0.29, 0.717) is 12.6 Å². The molecule has 7 heteroatoms. The first-order valence-electron chi connectivity index (χ1n) is 6.96. The number of amides is 1. The molecule has 0 radical (unpaired) electrons. The topological polar surface area (TPSA) is 93.5 Å². The lowest BCUT2D eigenvalue weighted by atomic mass is 10.1. The third-order valence-corrected chi connectivity index (χ3v) is 3.58. The number of nitrogens with zero attached hydrogens (tertiary/aromatic N) is 1. The van der Waals surface area contributed by atoms with E-state index in [1.807, 2.05) is 0 Å². The minimum absolute atomic E-state index is 0.000934. The van der Waals surface area contributed by atoms with E-state index in [0.717, 1.165) is 25.8 Å². The van der Waals surface area contributed by atoms with Crippen LogP contribution in [-0.4, -0.2) is 37.1 Å². The summed E-state index contributed by atoms with van der Waals surface area (Å²) in [7, 11) is 1.32. The van der Waals surface area contributed by atoms with E-state index >= 15 is 0 Å². The van der Waals surface area contributed by atoms with Crippen LogP contribution in [0, 0.1) is 10.1 Å². The Morgan fingerprint density at radius 3 is 3.00 bits per heavy atom. The van der Waals surface area contributed by atoms with E-state index in [9.17, 15) is 14.9 Å². The van der Waals surface area contributed by atoms with Gasteiger partial charge in [0, 0.05) is 18.7 Å². The number of benzene rings is 1. The number of methoxy groups -OCH3 is 1. The van der Waals surface area contributed by atoms with Crippen molar-refractivity contribution in [1.29, 1.82) is 0 Å². The van der Waals surface area contributed by atoms with Gasteiger partial charge >= 0.3 is 5.69 Å². The highest BCUT2D eigenvalue weighted by atomic mass is 16.6. The van der Waals surface area contributed by atoms with Crippen molar-refractivity contribution in [2.75, 3.05) is 20.2 Å². The second kappa shape index (κ2) is 7.03. The number of nitro groups is 1. The fourth-order valence-electron chi connectivity index (χ4n) is 2.52. The molecule has 0 saturated carbocycles. The molecule has 1 aliphatic heterocycles. The van der Waals surface area contributed by atoms with Gasteiger partial charge in [0.2, 0.25) is 5.75 Å². The minimum atomic E-state index is -0.557. The van der Waals surface area contributed by atoms with Crippen LogP contribution in [0.1, 0.15) is 29.6 Å². The van der Waals surface area contributed by atoms with E-state index in [1.54, 1.807) is 0 Å². The summed E-state index contributed by atoms with van der Waals surface area (Å²) in [6.45, 7) is 1.56. The number of nitrogens with one attached hydrogen (secondary N) is 2. The number of ether oxygens (including phenoxy) is 1. The van der Waals surface area contributed by atoms with Crippen LogP contribution in [0.3, 0.4) is 0 Å². The van der Waals surface area contributed by atoms with Crippen LogP contribution in [0.2, 0.25) is 0 Å². The molecule has 1 heterocycles. The zero-order valence-corrected chi connectivity index (χ0v) is 11.9. The molecule has 1 saturated heterocycles. The molecule has 0 aromatic heterocycles. The second-order valence-corrected chi connectivity index (χ2v) is 4.95. The molecular formula is C14H19N3O4. The van der Waals surface area contributed by atoms with E-state index < -0.39 is 4.92 Å².